The van der Waals surface area contributed by atoms with E-state index in [-0.39, 0.29) is 0 Å². The molecule has 2 unspecified atom stereocenters. The van der Waals surface area contributed by atoms with E-state index in [2.05, 4.69) is 22.6 Å². The molecule has 2 aliphatic heterocycles. The molecule has 0 bridgehead atoms. The predicted molar refractivity (Wildman–Crippen MR) is 71.3 cm³/mol. The van der Waals surface area contributed by atoms with Crippen LogP contribution < -0.4 is 10.6 Å². The minimum absolute atomic E-state index is 0.312. The minimum atomic E-state index is 0.312. The van der Waals surface area contributed by atoms with Crippen molar-refractivity contribution in [1.82, 2.24) is 15.5 Å². The zero-order valence-corrected chi connectivity index (χ0v) is 11.4. The van der Waals surface area contributed by atoms with Gasteiger partial charge < -0.3 is 15.5 Å². The van der Waals surface area contributed by atoms with E-state index >= 15 is 0 Å². The summed E-state index contributed by atoms with van der Waals surface area (Å²) in [6.07, 6.45) is 5.87. The van der Waals surface area contributed by atoms with Crippen LogP contribution >= 0.6 is 0 Å². The van der Waals surface area contributed by atoms with Crippen molar-refractivity contribution in [2.24, 2.45) is 11.3 Å². The molecule has 18 heavy (non-hydrogen) atoms. The Morgan fingerprint density at radius 1 is 1.39 bits per heavy atom. The lowest BCUT2D eigenvalue weighted by molar-refractivity contribution is -0.124. The highest BCUT2D eigenvalue weighted by Gasteiger charge is 2.57. The SMILES string of the molecule is CN1CCCC(NC(=O)C2CC23CCNCC3)C1. The van der Waals surface area contributed by atoms with Gasteiger partial charge in [-0.25, -0.2) is 0 Å². The van der Waals surface area contributed by atoms with Crippen LogP contribution in [0.4, 0.5) is 0 Å². The average Bonchev–Trinajstić information content (AvgIpc) is 3.04. The van der Waals surface area contributed by atoms with Gasteiger partial charge in [0.05, 0.1) is 0 Å². The maximum Gasteiger partial charge on any atom is 0.223 e. The molecule has 2 N–H and O–H groups in total. The van der Waals surface area contributed by atoms with E-state index in [0.717, 1.165) is 32.5 Å². The first kappa shape index (κ1) is 12.4. The number of hydrogen-bond donors (Lipinski definition) is 2. The molecule has 0 radical (unpaired) electrons. The Morgan fingerprint density at radius 3 is 2.89 bits per heavy atom. The van der Waals surface area contributed by atoms with E-state index in [0.29, 0.717) is 23.3 Å². The second-order valence-electron chi connectivity index (χ2n) is 6.48. The number of amides is 1. The normalized spacial score (nSPS) is 35.4. The van der Waals surface area contributed by atoms with Gasteiger partial charge in [-0.05, 0) is 64.2 Å². The molecule has 3 fully saturated rings. The fraction of sp³-hybridized carbons (Fsp3) is 0.929. The zero-order chi connectivity index (χ0) is 12.6. The summed E-state index contributed by atoms with van der Waals surface area (Å²) in [6, 6.07) is 0.385. The van der Waals surface area contributed by atoms with Crippen LogP contribution in [0, 0.1) is 11.3 Å². The highest BCUT2D eigenvalue weighted by Crippen LogP contribution is 2.58. The van der Waals surface area contributed by atoms with Crippen LogP contribution in [0.25, 0.3) is 0 Å². The predicted octanol–water partition coefficient (Wildman–Crippen LogP) is 0.587. The molecule has 102 valence electrons. The summed E-state index contributed by atoms with van der Waals surface area (Å²) in [6.45, 7) is 4.38. The molecule has 4 heteroatoms. The number of nitrogens with zero attached hydrogens (tertiary/aromatic N) is 1. The number of rotatable bonds is 2. The van der Waals surface area contributed by atoms with Gasteiger partial charge in [0.25, 0.3) is 0 Å². The average molecular weight is 251 g/mol. The molecular weight excluding hydrogens is 226 g/mol. The molecule has 3 aliphatic rings. The number of nitrogens with one attached hydrogen (secondary N) is 2. The Morgan fingerprint density at radius 2 is 2.17 bits per heavy atom. The molecule has 2 atom stereocenters. The fourth-order valence-electron chi connectivity index (χ4n) is 3.78. The fourth-order valence-corrected chi connectivity index (χ4v) is 3.78. The number of hydrogen-bond acceptors (Lipinski definition) is 3. The van der Waals surface area contributed by atoms with Crippen LogP contribution in [0.3, 0.4) is 0 Å². The van der Waals surface area contributed by atoms with E-state index < -0.39 is 0 Å². The molecule has 1 spiro atoms. The topological polar surface area (TPSA) is 44.4 Å². The molecule has 1 aliphatic carbocycles. The molecule has 4 nitrogen and oxygen atoms in total. The first-order chi connectivity index (χ1) is 8.70. The van der Waals surface area contributed by atoms with Crippen molar-refractivity contribution < 1.29 is 4.79 Å². The molecule has 1 amide bonds. The third kappa shape index (κ3) is 2.41. The van der Waals surface area contributed by atoms with Gasteiger partial charge in [-0.2, -0.15) is 0 Å². The van der Waals surface area contributed by atoms with Gasteiger partial charge in [-0.3, -0.25) is 4.79 Å². The van der Waals surface area contributed by atoms with Gasteiger partial charge in [-0.1, -0.05) is 0 Å². The lowest BCUT2D eigenvalue weighted by Crippen LogP contribution is -2.47. The maximum absolute atomic E-state index is 12.3. The van der Waals surface area contributed by atoms with Gasteiger partial charge in [-0.15, -0.1) is 0 Å². The monoisotopic (exact) mass is 251 g/mol. The highest BCUT2D eigenvalue weighted by atomic mass is 16.2. The summed E-state index contributed by atoms with van der Waals surface area (Å²) in [7, 11) is 2.14. The van der Waals surface area contributed by atoms with Gasteiger partial charge in [0, 0.05) is 18.5 Å². The van der Waals surface area contributed by atoms with Crippen molar-refractivity contribution in [2.75, 3.05) is 33.2 Å². The summed E-state index contributed by atoms with van der Waals surface area (Å²) in [4.78, 5) is 14.6. The Hall–Kier alpha value is -0.610. The van der Waals surface area contributed by atoms with Crippen molar-refractivity contribution in [3.8, 4) is 0 Å². The highest BCUT2D eigenvalue weighted by molar-refractivity contribution is 5.82. The number of likely N-dealkylation sites (N-methyl/N-ethyl adjacent to an activating group) is 1. The standard InChI is InChI=1S/C14H25N3O/c1-17-8-2-3-11(10-17)16-13(18)12-9-14(12)4-6-15-7-5-14/h11-12,15H,2-10H2,1H3,(H,16,18). The summed E-state index contributed by atoms with van der Waals surface area (Å²) in [5.74, 6) is 0.643. The third-order valence-electron chi connectivity index (χ3n) is 5.08. The number of likely N-dealkylation sites (tertiary alicyclic amines) is 1. The van der Waals surface area contributed by atoms with Crippen LogP contribution in [-0.4, -0.2) is 50.1 Å². The van der Waals surface area contributed by atoms with Crippen LogP contribution in [0.5, 0.6) is 0 Å². The quantitative estimate of drug-likeness (QED) is 0.755. The van der Waals surface area contributed by atoms with E-state index in [9.17, 15) is 4.79 Å². The molecule has 3 rings (SSSR count). The summed E-state index contributed by atoms with van der Waals surface area (Å²) in [5.41, 5.74) is 0.371. The molecular formula is C14H25N3O. The largest absolute Gasteiger partial charge is 0.352 e. The van der Waals surface area contributed by atoms with E-state index in [1.807, 2.05) is 0 Å². The second-order valence-corrected chi connectivity index (χ2v) is 6.48. The summed E-state index contributed by atoms with van der Waals surface area (Å²) < 4.78 is 0. The van der Waals surface area contributed by atoms with Crippen molar-refractivity contribution >= 4 is 5.91 Å². The first-order valence-corrected chi connectivity index (χ1v) is 7.39. The van der Waals surface area contributed by atoms with Crippen molar-refractivity contribution in [3.63, 3.8) is 0 Å². The van der Waals surface area contributed by atoms with Gasteiger partial charge in [0.2, 0.25) is 5.91 Å². The van der Waals surface area contributed by atoms with Crippen molar-refractivity contribution in [3.05, 3.63) is 0 Å². The van der Waals surface area contributed by atoms with Crippen LogP contribution in [0.15, 0.2) is 0 Å². The van der Waals surface area contributed by atoms with Gasteiger partial charge in [0.1, 0.15) is 0 Å². The second kappa shape index (κ2) is 4.82. The number of piperidine rings is 2. The first-order valence-electron chi connectivity index (χ1n) is 7.39. The Labute approximate surface area is 109 Å². The van der Waals surface area contributed by atoms with Crippen LogP contribution in [0.2, 0.25) is 0 Å². The molecule has 0 aromatic carbocycles. The maximum atomic E-state index is 12.3. The Bertz CT molecular complexity index is 325. The molecule has 2 heterocycles. The molecule has 2 saturated heterocycles. The number of carbonyl (C=O) groups excluding carboxylic acids is 1. The van der Waals surface area contributed by atoms with Crippen molar-refractivity contribution in [1.29, 1.82) is 0 Å². The van der Waals surface area contributed by atoms with E-state index in [1.165, 1.54) is 25.8 Å². The van der Waals surface area contributed by atoms with Crippen LogP contribution in [-0.2, 0) is 4.79 Å². The molecule has 1 saturated carbocycles. The lowest BCUT2D eigenvalue weighted by Gasteiger charge is -2.30. The van der Waals surface area contributed by atoms with E-state index in [4.69, 9.17) is 0 Å². The molecule has 0 aromatic heterocycles. The van der Waals surface area contributed by atoms with Crippen LogP contribution in [0.1, 0.15) is 32.1 Å². The zero-order valence-electron chi connectivity index (χ0n) is 11.4. The Balaban J connectivity index is 1.50. The van der Waals surface area contributed by atoms with Gasteiger partial charge >= 0.3 is 0 Å². The third-order valence-corrected chi connectivity index (χ3v) is 5.08. The minimum Gasteiger partial charge on any atom is -0.352 e. The lowest BCUT2D eigenvalue weighted by atomic mass is 9.91. The molecule has 0 aromatic rings. The summed E-state index contributed by atoms with van der Waals surface area (Å²) in [5, 5.41) is 6.67. The van der Waals surface area contributed by atoms with Crippen molar-refractivity contribution in [2.45, 2.75) is 38.1 Å². The smallest absolute Gasteiger partial charge is 0.223 e. The number of carbonyl (C=O) groups is 1. The van der Waals surface area contributed by atoms with Gasteiger partial charge in [0.15, 0.2) is 0 Å². The Kier molecular flexibility index (Phi) is 3.32. The van der Waals surface area contributed by atoms with E-state index in [1.54, 1.807) is 0 Å². The summed E-state index contributed by atoms with van der Waals surface area (Å²) >= 11 is 0.